The first-order chi connectivity index (χ1) is 12.0. The summed E-state index contributed by atoms with van der Waals surface area (Å²) < 4.78 is 7.50. The number of aromatic nitrogens is 4. The number of carbonyl (C=O) groups excluding carboxylic acids is 1. The van der Waals surface area contributed by atoms with Crippen molar-refractivity contribution in [3.05, 3.63) is 17.0 Å². The number of ether oxygens (including phenoxy) is 1. The minimum atomic E-state index is 0.139. The lowest BCUT2D eigenvalue weighted by Gasteiger charge is -2.44. The predicted octanol–water partition coefficient (Wildman–Crippen LogP) is 1.04. The first-order valence-electron chi connectivity index (χ1n) is 8.94. The largest absolute Gasteiger partial charge is 0.374 e. The highest BCUT2D eigenvalue weighted by molar-refractivity contribution is 5.80. The third kappa shape index (κ3) is 2.84. The van der Waals surface area contributed by atoms with Crippen LogP contribution in [0.5, 0.6) is 0 Å². The molecule has 134 valence electrons. The summed E-state index contributed by atoms with van der Waals surface area (Å²) in [5.41, 5.74) is 8.26. The fraction of sp³-hybridized carbons (Fsp3) is 0.647. The fourth-order valence-electron chi connectivity index (χ4n) is 4.14. The van der Waals surface area contributed by atoms with Crippen LogP contribution in [-0.4, -0.2) is 55.7 Å². The fourth-order valence-corrected chi connectivity index (χ4v) is 4.14. The lowest BCUT2D eigenvalue weighted by Crippen LogP contribution is -2.55. The average Bonchev–Trinajstić information content (AvgIpc) is 2.98. The molecule has 1 aliphatic carbocycles. The smallest absolute Gasteiger partial charge is 0.254 e. The average molecular weight is 344 g/mol. The lowest BCUT2D eigenvalue weighted by molar-refractivity contribution is -0.148. The molecule has 2 aromatic rings. The number of amides is 1. The van der Waals surface area contributed by atoms with Gasteiger partial charge in [-0.2, -0.15) is 9.50 Å². The number of hydrogen-bond donors (Lipinski definition) is 1. The summed E-state index contributed by atoms with van der Waals surface area (Å²) >= 11 is 0. The van der Waals surface area contributed by atoms with Crippen molar-refractivity contribution in [3.8, 4) is 0 Å². The molecule has 0 unspecified atom stereocenters. The first-order valence-corrected chi connectivity index (χ1v) is 8.94. The van der Waals surface area contributed by atoms with Gasteiger partial charge in [0.25, 0.3) is 5.78 Å². The van der Waals surface area contributed by atoms with E-state index in [0.717, 1.165) is 36.2 Å². The van der Waals surface area contributed by atoms with Gasteiger partial charge in [0.05, 0.1) is 25.2 Å². The summed E-state index contributed by atoms with van der Waals surface area (Å²) in [6.07, 6.45) is 4.96. The van der Waals surface area contributed by atoms with Crippen LogP contribution in [0, 0.1) is 13.8 Å². The van der Waals surface area contributed by atoms with Gasteiger partial charge in [-0.25, -0.2) is 4.98 Å². The maximum Gasteiger partial charge on any atom is 0.254 e. The second-order valence-corrected chi connectivity index (χ2v) is 6.97. The number of morpholine rings is 1. The van der Waals surface area contributed by atoms with Crippen molar-refractivity contribution in [2.45, 2.75) is 58.1 Å². The van der Waals surface area contributed by atoms with Crippen LogP contribution >= 0.6 is 0 Å². The van der Waals surface area contributed by atoms with E-state index in [1.54, 1.807) is 4.52 Å². The zero-order valence-electron chi connectivity index (χ0n) is 14.7. The van der Waals surface area contributed by atoms with E-state index < -0.39 is 0 Å². The Morgan fingerprint density at radius 2 is 2.08 bits per heavy atom. The Morgan fingerprint density at radius 1 is 1.28 bits per heavy atom. The highest BCUT2D eigenvalue weighted by atomic mass is 16.5. The van der Waals surface area contributed by atoms with Crippen LogP contribution in [0.4, 0.5) is 5.95 Å². The Bertz CT molecular complexity index is 815. The van der Waals surface area contributed by atoms with Crippen molar-refractivity contribution in [1.29, 1.82) is 0 Å². The van der Waals surface area contributed by atoms with Crippen LogP contribution in [0.15, 0.2) is 0 Å². The van der Waals surface area contributed by atoms with Gasteiger partial charge in [0, 0.05) is 23.5 Å². The zero-order chi connectivity index (χ0) is 17.6. The summed E-state index contributed by atoms with van der Waals surface area (Å²) in [5, 5.41) is 4.18. The molecule has 2 fully saturated rings. The van der Waals surface area contributed by atoms with E-state index in [-0.39, 0.29) is 24.0 Å². The maximum absolute atomic E-state index is 13.0. The van der Waals surface area contributed by atoms with E-state index in [9.17, 15) is 4.79 Å². The first kappa shape index (κ1) is 16.3. The van der Waals surface area contributed by atoms with Gasteiger partial charge in [-0.3, -0.25) is 4.79 Å². The highest BCUT2D eigenvalue weighted by Gasteiger charge is 2.36. The Morgan fingerprint density at radius 3 is 2.92 bits per heavy atom. The summed E-state index contributed by atoms with van der Waals surface area (Å²) in [5.74, 6) is 0.805. The van der Waals surface area contributed by atoms with Crippen LogP contribution < -0.4 is 5.73 Å². The molecule has 2 atom stereocenters. The third-order valence-corrected chi connectivity index (χ3v) is 5.45. The molecule has 1 aliphatic heterocycles. The minimum Gasteiger partial charge on any atom is -0.374 e. The Kier molecular flexibility index (Phi) is 4.07. The summed E-state index contributed by atoms with van der Waals surface area (Å²) in [7, 11) is 0. The van der Waals surface area contributed by atoms with Gasteiger partial charge in [0.1, 0.15) is 0 Å². The summed E-state index contributed by atoms with van der Waals surface area (Å²) in [6.45, 7) is 5.14. The van der Waals surface area contributed by atoms with Gasteiger partial charge < -0.3 is 15.4 Å². The van der Waals surface area contributed by atoms with Gasteiger partial charge >= 0.3 is 0 Å². The number of hydrogen-bond acceptors (Lipinski definition) is 6. The molecular weight excluding hydrogens is 320 g/mol. The molecule has 8 heteroatoms. The van der Waals surface area contributed by atoms with E-state index in [2.05, 4.69) is 15.1 Å². The van der Waals surface area contributed by atoms with E-state index in [1.165, 1.54) is 6.42 Å². The van der Waals surface area contributed by atoms with E-state index >= 15 is 0 Å². The van der Waals surface area contributed by atoms with Crippen molar-refractivity contribution in [2.24, 2.45) is 0 Å². The number of nitrogen functional groups attached to an aromatic ring is 1. The molecule has 2 aromatic heterocycles. The normalized spacial score (nSPS) is 23.7. The van der Waals surface area contributed by atoms with Crippen LogP contribution in [0.2, 0.25) is 0 Å². The zero-order valence-corrected chi connectivity index (χ0v) is 14.7. The highest BCUT2D eigenvalue weighted by Crippen LogP contribution is 2.29. The van der Waals surface area contributed by atoms with Crippen molar-refractivity contribution in [3.63, 3.8) is 0 Å². The molecule has 0 aromatic carbocycles. The number of aryl methyl sites for hydroxylation is 2. The van der Waals surface area contributed by atoms with E-state index in [4.69, 9.17) is 10.5 Å². The standard InChI is InChI=1S/C17H24N6O2/c1-10-12(11(2)23-17(19-10)20-16(18)21-23)9-15(24)22-7-8-25-14-6-4-3-5-13(14)22/h13-14H,3-9H2,1-2H3,(H2,18,21)/t13-,14+/m1/s1. The molecular formula is C17H24N6O2. The van der Waals surface area contributed by atoms with Gasteiger partial charge in [0.2, 0.25) is 11.9 Å². The number of anilines is 1. The number of fused-ring (bicyclic) bond motifs is 2. The second-order valence-electron chi connectivity index (χ2n) is 6.97. The molecule has 1 amide bonds. The van der Waals surface area contributed by atoms with Gasteiger partial charge in [-0.05, 0) is 26.7 Å². The lowest BCUT2D eigenvalue weighted by atomic mass is 9.89. The van der Waals surface area contributed by atoms with Gasteiger partial charge in [0.15, 0.2) is 0 Å². The van der Waals surface area contributed by atoms with Gasteiger partial charge in [-0.15, -0.1) is 5.10 Å². The third-order valence-electron chi connectivity index (χ3n) is 5.45. The molecule has 0 spiro atoms. The Hall–Kier alpha value is -2.22. The van der Waals surface area contributed by atoms with Crippen molar-refractivity contribution >= 4 is 17.6 Å². The van der Waals surface area contributed by atoms with Crippen molar-refractivity contribution < 1.29 is 9.53 Å². The molecule has 1 saturated carbocycles. The number of nitrogens with two attached hydrogens (primary N) is 1. The molecule has 3 heterocycles. The molecule has 0 bridgehead atoms. The molecule has 2 aliphatic rings. The molecule has 1 saturated heterocycles. The van der Waals surface area contributed by atoms with Crippen LogP contribution in [0.3, 0.4) is 0 Å². The van der Waals surface area contributed by atoms with Crippen LogP contribution in [0.25, 0.3) is 5.78 Å². The van der Waals surface area contributed by atoms with Crippen molar-refractivity contribution in [1.82, 2.24) is 24.5 Å². The summed E-state index contributed by atoms with van der Waals surface area (Å²) in [4.78, 5) is 23.6. The predicted molar refractivity (Wildman–Crippen MR) is 92.1 cm³/mol. The minimum absolute atomic E-state index is 0.139. The molecule has 4 rings (SSSR count). The molecule has 25 heavy (non-hydrogen) atoms. The monoisotopic (exact) mass is 344 g/mol. The Labute approximate surface area is 146 Å². The maximum atomic E-state index is 13.0. The van der Waals surface area contributed by atoms with Crippen LogP contribution in [0.1, 0.15) is 42.6 Å². The molecule has 2 N–H and O–H groups in total. The number of carbonyl (C=O) groups is 1. The molecule has 8 nitrogen and oxygen atoms in total. The van der Waals surface area contributed by atoms with E-state index in [1.807, 2.05) is 18.7 Å². The number of rotatable bonds is 2. The summed E-state index contributed by atoms with van der Waals surface area (Å²) in [6, 6.07) is 0.217. The quantitative estimate of drug-likeness (QED) is 0.874. The topological polar surface area (TPSA) is 98.6 Å². The van der Waals surface area contributed by atoms with Crippen LogP contribution in [-0.2, 0) is 16.0 Å². The SMILES string of the molecule is Cc1nc2nc(N)nn2c(C)c1CC(=O)N1CCO[C@H]2CCCC[C@H]21. The number of nitrogens with zero attached hydrogens (tertiary/aromatic N) is 5. The van der Waals surface area contributed by atoms with Gasteiger partial charge in [-0.1, -0.05) is 12.8 Å². The Balaban J connectivity index is 1.61. The molecule has 0 radical (unpaired) electrons. The van der Waals surface area contributed by atoms with E-state index in [0.29, 0.717) is 25.4 Å². The second kappa shape index (κ2) is 6.25. The van der Waals surface area contributed by atoms with Crippen molar-refractivity contribution in [2.75, 3.05) is 18.9 Å².